The van der Waals surface area contributed by atoms with Gasteiger partial charge in [-0.15, -0.1) is 0 Å². The molecule has 1 atom stereocenters. The number of aryl methyl sites for hydroxylation is 1. The van der Waals surface area contributed by atoms with Gasteiger partial charge in [0.1, 0.15) is 5.82 Å². The molecule has 1 N–H and O–H groups in total. The fourth-order valence-electron chi connectivity index (χ4n) is 1.75. The second kappa shape index (κ2) is 2.87. The summed E-state index contributed by atoms with van der Waals surface area (Å²) in [4.78, 5) is 15.0. The molecule has 4 nitrogen and oxygen atoms in total. The lowest BCUT2D eigenvalue weighted by Crippen LogP contribution is -2.12. The van der Waals surface area contributed by atoms with E-state index in [9.17, 15) is 4.79 Å². The Bertz CT molecular complexity index is 343. The summed E-state index contributed by atoms with van der Waals surface area (Å²) in [5.74, 6) is -0.197. The molecule has 0 amide bonds. The molecule has 0 bridgehead atoms. The standard InChI is InChI=1S/C9H12N2O2/c1-6(9(12)13)7-5-10-8-3-2-4-11(7)8/h5-6H,2-4H2,1H3,(H,12,13). The summed E-state index contributed by atoms with van der Waals surface area (Å²) in [6.45, 7) is 2.62. The van der Waals surface area contributed by atoms with Crippen LogP contribution in [0.25, 0.3) is 0 Å². The van der Waals surface area contributed by atoms with E-state index >= 15 is 0 Å². The molecule has 4 heteroatoms. The number of fused-ring (bicyclic) bond motifs is 1. The number of nitrogens with zero attached hydrogens (tertiary/aromatic N) is 2. The molecular formula is C9H12N2O2. The van der Waals surface area contributed by atoms with Gasteiger partial charge in [0.2, 0.25) is 0 Å². The van der Waals surface area contributed by atoms with Gasteiger partial charge in [0.05, 0.1) is 11.6 Å². The first-order chi connectivity index (χ1) is 6.20. The molecule has 0 saturated heterocycles. The van der Waals surface area contributed by atoms with Crippen LogP contribution in [0.15, 0.2) is 6.20 Å². The van der Waals surface area contributed by atoms with E-state index in [4.69, 9.17) is 5.11 Å². The number of hydrogen-bond donors (Lipinski definition) is 1. The number of carbonyl (C=O) groups is 1. The zero-order valence-corrected chi connectivity index (χ0v) is 7.53. The minimum absolute atomic E-state index is 0.445. The summed E-state index contributed by atoms with van der Waals surface area (Å²) in [6.07, 6.45) is 3.75. The highest BCUT2D eigenvalue weighted by Crippen LogP contribution is 2.22. The molecule has 0 saturated carbocycles. The Kier molecular flexibility index (Phi) is 1.83. The average Bonchev–Trinajstić information content (AvgIpc) is 2.61. The molecule has 1 unspecified atom stereocenters. The minimum atomic E-state index is -0.783. The summed E-state index contributed by atoms with van der Waals surface area (Å²) in [6, 6.07) is 0. The number of aliphatic carboxylic acids is 1. The third-order valence-electron chi connectivity index (χ3n) is 2.57. The first-order valence-electron chi connectivity index (χ1n) is 4.47. The molecule has 0 aromatic carbocycles. The van der Waals surface area contributed by atoms with E-state index in [0.717, 1.165) is 30.9 Å². The van der Waals surface area contributed by atoms with Crippen molar-refractivity contribution in [2.24, 2.45) is 0 Å². The highest BCUT2D eigenvalue weighted by molar-refractivity contribution is 5.74. The van der Waals surface area contributed by atoms with Crippen LogP contribution in [0.4, 0.5) is 0 Å². The van der Waals surface area contributed by atoms with Crippen LogP contribution in [0, 0.1) is 0 Å². The van der Waals surface area contributed by atoms with Gasteiger partial charge in [-0.3, -0.25) is 4.79 Å². The second-order valence-electron chi connectivity index (χ2n) is 3.41. The molecule has 0 radical (unpaired) electrons. The van der Waals surface area contributed by atoms with E-state index in [1.807, 2.05) is 4.57 Å². The van der Waals surface area contributed by atoms with Crippen molar-refractivity contribution in [3.05, 3.63) is 17.7 Å². The van der Waals surface area contributed by atoms with Gasteiger partial charge >= 0.3 is 5.97 Å². The van der Waals surface area contributed by atoms with Gasteiger partial charge in [-0.1, -0.05) is 0 Å². The zero-order valence-electron chi connectivity index (χ0n) is 7.53. The lowest BCUT2D eigenvalue weighted by atomic mass is 10.1. The van der Waals surface area contributed by atoms with Crippen LogP contribution in [0.2, 0.25) is 0 Å². The van der Waals surface area contributed by atoms with Crippen molar-refractivity contribution < 1.29 is 9.90 Å². The summed E-state index contributed by atoms with van der Waals surface area (Å²) in [7, 11) is 0. The van der Waals surface area contributed by atoms with E-state index < -0.39 is 11.9 Å². The highest BCUT2D eigenvalue weighted by Gasteiger charge is 2.22. The molecule has 70 valence electrons. The van der Waals surface area contributed by atoms with E-state index in [-0.39, 0.29) is 0 Å². The lowest BCUT2D eigenvalue weighted by Gasteiger charge is -2.07. The van der Waals surface area contributed by atoms with Crippen molar-refractivity contribution in [1.82, 2.24) is 9.55 Å². The number of carboxylic acid groups (broad SMARTS) is 1. The SMILES string of the molecule is CC(C(=O)O)c1cnc2n1CCC2. The van der Waals surface area contributed by atoms with Gasteiger partial charge in [0.15, 0.2) is 0 Å². The summed E-state index contributed by atoms with van der Waals surface area (Å²) in [5.41, 5.74) is 0.833. The first-order valence-corrected chi connectivity index (χ1v) is 4.47. The van der Waals surface area contributed by atoms with Crippen molar-refractivity contribution in [2.45, 2.75) is 32.2 Å². The van der Waals surface area contributed by atoms with Gasteiger partial charge in [-0.25, -0.2) is 4.98 Å². The molecule has 1 aromatic heterocycles. The Morgan fingerprint density at radius 2 is 2.54 bits per heavy atom. The third kappa shape index (κ3) is 1.22. The summed E-state index contributed by atoms with van der Waals surface area (Å²) < 4.78 is 2.03. The topological polar surface area (TPSA) is 55.1 Å². The van der Waals surface area contributed by atoms with Crippen molar-refractivity contribution in [3.8, 4) is 0 Å². The van der Waals surface area contributed by atoms with Gasteiger partial charge in [0, 0.05) is 19.2 Å². The zero-order chi connectivity index (χ0) is 9.42. The molecule has 0 aliphatic carbocycles. The van der Waals surface area contributed by atoms with E-state index in [0.29, 0.717) is 0 Å². The van der Waals surface area contributed by atoms with E-state index in [1.165, 1.54) is 0 Å². The molecule has 0 spiro atoms. The predicted octanol–water partition coefficient (Wildman–Crippen LogP) is 1.02. The fraction of sp³-hybridized carbons (Fsp3) is 0.556. The molecule has 2 heterocycles. The average molecular weight is 180 g/mol. The lowest BCUT2D eigenvalue weighted by molar-refractivity contribution is -0.138. The summed E-state index contributed by atoms with van der Waals surface area (Å²) >= 11 is 0. The Balaban J connectivity index is 2.36. The highest BCUT2D eigenvalue weighted by atomic mass is 16.4. The molecule has 13 heavy (non-hydrogen) atoms. The maximum atomic E-state index is 10.8. The number of imidazole rings is 1. The smallest absolute Gasteiger partial charge is 0.312 e. The van der Waals surface area contributed by atoms with Crippen LogP contribution in [0.1, 0.15) is 30.8 Å². The van der Waals surface area contributed by atoms with Crippen molar-refractivity contribution >= 4 is 5.97 Å². The van der Waals surface area contributed by atoms with Gasteiger partial charge in [-0.2, -0.15) is 0 Å². The van der Waals surface area contributed by atoms with Gasteiger partial charge in [-0.05, 0) is 13.3 Å². The van der Waals surface area contributed by atoms with Crippen LogP contribution in [0.5, 0.6) is 0 Å². The monoisotopic (exact) mass is 180 g/mol. The van der Waals surface area contributed by atoms with Crippen molar-refractivity contribution in [2.75, 3.05) is 0 Å². The normalized spacial score (nSPS) is 17.0. The number of carboxylic acids is 1. The first kappa shape index (κ1) is 8.29. The minimum Gasteiger partial charge on any atom is -0.481 e. The Morgan fingerprint density at radius 1 is 1.77 bits per heavy atom. The number of hydrogen-bond acceptors (Lipinski definition) is 2. The molecule has 1 aliphatic rings. The number of rotatable bonds is 2. The van der Waals surface area contributed by atoms with Crippen molar-refractivity contribution in [1.29, 1.82) is 0 Å². The Morgan fingerprint density at radius 3 is 3.23 bits per heavy atom. The molecule has 1 aromatic rings. The molecule has 1 aliphatic heterocycles. The van der Waals surface area contributed by atoms with E-state index in [1.54, 1.807) is 13.1 Å². The van der Waals surface area contributed by atoms with Crippen LogP contribution < -0.4 is 0 Å². The van der Waals surface area contributed by atoms with Gasteiger partial charge < -0.3 is 9.67 Å². The fourth-order valence-corrected chi connectivity index (χ4v) is 1.75. The molecular weight excluding hydrogens is 168 g/mol. The predicted molar refractivity (Wildman–Crippen MR) is 46.6 cm³/mol. The second-order valence-corrected chi connectivity index (χ2v) is 3.41. The largest absolute Gasteiger partial charge is 0.481 e. The third-order valence-corrected chi connectivity index (χ3v) is 2.57. The Labute approximate surface area is 76.2 Å². The van der Waals surface area contributed by atoms with Crippen LogP contribution in [0.3, 0.4) is 0 Å². The van der Waals surface area contributed by atoms with Gasteiger partial charge in [0.25, 0.3) is 0 Å². The van der Waals surface area contributed by atoms with Crippen LogP contribution in [-0.4, -0.2) is 20.6 Å². The van der Waals surface area contributed by atoms with Crippen LogP contribution in [-0.2, 0) is 17.8 Å². The van der Waals surface area contributed by atoms with E-state index in [2.05, 4.69) is 4.98 Å². The summed E-state index contributed by atoms with van der Waals surface area (Å²) in [5, 5.41) is 8.84. The maximum absolute atomic E-state index is 10.8. The van der Waals surface area contributed by atoms with Crippen LogP contribution >= 0.6 is 0 Å². The quantitative estimate of drug-likeness (QED) is 0.739. The number of aromatic nitrogens is 2. The molecule has 2 rings (SSSR count). The van der Waals surface area contributed by atoms with Crippen molar-refractivity contribution in [3.63, 3.8) is 0 Å². The molecule has 0 fully saturated rings. The maximum Gasteiger partial charge on any atom is 0.312 e. The Hall–Kier alpha value is -1.32.